The number of aromatic amines is 1. The zero-order chi connectivity index (χ0) is 15.6. The largest absolute Gasteiger partial charge is 0.347 e. The minimum Gasteiger partial charge on any atom is -0.347 e. The zero-order valence-corrected chi connectivity index (χ0v) is 12.5. The van der Waals surface area contributed by atoms with Gasteiger partial charge in [0.25, 0.3) is 5.91 Å². The zero-order valence-electron chi connectivity index (χ0n) is 12.5. The van der Waals surface area contributed by atoms with Gasteiger partial charge in [0, 0.05) is 12.6 Å². The normalized spacial score (nSPS) is 17.5. The molecule has 1 aliphatic rings. The first-order chi connectivity index (χ1) is 11.3. The lowest BCUT2D eigenvalue weighted by atomic mass is 10.2. The highest BCUT2D eigenvalue weighted by Gasteiger charge is 2.18. The Hall–Kier alpha value is -2.73. The Morgan fingerprint density at radius 2 is 2.04 bits per heavy atom. The summed E-state index contributed by atoms with van der Waals surface area (Å²) < 4.78 is 0. The van der Waals surface area contributed by atoms with Crippen molar-refractivity contribution in [3.05, 3.63) is 48.2 Å². The first-order valence-corrected chi connectivity index (χ1v) is 7.73. The molecule has 2 aromatic heterocycles. The third-order valence-electron chi connectivity index (χ3n) is 4.01. The molecule has 0 spiro atoms. The molecule has 0 saturated carbocycles. The molecule has 3 aromatic rings. The van der Waals surface area contributed by atoms with Gasteiger partial charge in [-0.15, -0.1) is 0 Å². The van der Waals surface area contributed by atoms with Crippen LogP contribution in [0.2, 0.25) is 0 Å². The van der Waals surface area contributed by atoms with Gasteiger partial charge in [-0.1, -0.05) is 18.2 Å². The van der Waals surface area contributed by atoms with E-state index in [0.717, 1.165) is 30.5 Å². The van der Waals surface area contributed by atoms with Crippen LogP contribution in [0.1, 0.15) is 16.9 Å². The summed E-state index contributed by atoms with van der Waals surface area (Å²) in [7, 11) is 0. The molecule has 3 heterocycles. The summed E-state index contributed by atoms with van der Waals surface area (Å²) in [6.45, 7) is 1.76. The maximum Gasteiger partial charge on any atom is 0.270 e. The second-order valence-electron chi connectivity index (χ2n) is 5.67. The molecule has 116 valence electrons. The van der Waals surface area contributed by atoms with Crippen LogP contribution in [0.5, 0.6) is 0 Å². The van der Waals surface area contributed by atoms with Crippen LogP contribution in [0, 0.1) is 0 Å². The fraction of sp³-hybridized carbons (Fsp3) is 0.235. The highest BCUT2D eigenvalue weighted by molar-refractivity contribution is 5.93. The minimum atomic E-state index is -0.142. The number of pyridine rings is 1. The molecule has 3 N–H and O–H groups in total. The van der Waals surface area contributed by atoms with Gasteiger partial charge in [-0.2, -0.15) is 0 Å². The fourth-order valence-corrected chi connectivity index (χ4v) is 2.80. The van der Waals surface area contributed by atoms with Gasteiger partial charge in [0.15, 0.2) is 5.82 Å². The molecule has 1 atom stereocenters. The topological polar surface area (TPSA) is 82.7 Å². The monoisotopic (exact) mass is 307 g/mol. The van der Waals surface area contributed by atoms with Crippen LogP contribution in [0.25, 0.3) is 22.6 Å². The molecule has 23 heavy (non-hydrogen) atoms. The number of benzene rings is 1. The van der Waals surface area contributed by atoms with Crippen LogP contribution in [0.3, 0.4) is 0 Å². The number of nitrogens with one attached hydrogen (secondary N) is 3. The van der Waals surface area contributed by atoms with E-state index in [2.05, 4.69) is 25.6 Å². The van der Waals surface area contributed by atoms with Gasteiger partial charge in [0.2, 0.25) is 0 Å². The number of para-hydroxylation sites is 2. The van der Waals surface area contributed by atoms with E-state index in [9.17, 15) is 4.79 Å². The van der Waals surface area contributed by atoms with Crippen molar-refractivity contribution >= 4 is 16.9 Å². The predicted molar refractivity (Wildman–Crippen MR) is 88.1 cm³/mol. The van der Waals surface area contributed by atoms with Crippen molar-refractivity contribution in [1.29, 1.82) is 0 Å². The first kappa shape index (κ1) is 13.9. The molecule has 1 saturated heterocycles. The van der Waals surface area contributed by atoms with Gasteiger partial charge in [-0.3, -0.25) is 4.79 Å². The lowest BCUT2D eigenvalue weighted by Crippen LogP contribution is -2.36. The molecule has 6 nitrogen and oxygen atoms in total. The van der Waals surface area contributed by atoms with Crippen LogP contribution in [0.4, 0.5) is 0 Å². The van der Waals surface area contributed by atoms with E-state index in [0.29, 0.717) is 17.2 Å². The van der Waals surface area contributed by atoms with Crippen molar-refractivity contribution < 1.29 is 4.79 Å². The Labute approximate surface area is 133 Å². The summed E-state index contributed by atoms with van der Waals surface area (Å²) in [5.41, 5.74) is 2.92. The first-order valence-electron chi connectivity index (χ1n) is 7.73. The van der Waals surface area contributed by atoms with Crippen molar-refractivity contribution in [3.63, 3.8) is 0 Å². The second kappa shape index (κ2) is 5.81. The maximum absolute atomic E-state index is 12.3. The Morgan fingerprint density at radius 1 is 1.13 bits per heavy atom. The fourth-order valence-electron chi connectivity index (χ4n) is 2.80. The molecule has 1 unspecified atom stereocenters. The van der Waals surface area contributed by atoms with Gasteiger partial charge in [0.05, 0.1) is 11.0 Å². The molecule has 6 heteroatoms. The van der Waals surface area contributed by atoms with Gasteiger partial charge in [0.1, 0.15) is 11.4 Å². The van der Waals surface area contributed by atoms with Crippen LogP contribution >= 0.6 is 0 Å². The van der Waals surface area contributed by atoms with E-state index in [1.54, 1.807) is 6.07 Å². The van der Waals surface area contributed by atoms with Crippen LogP contribution in [0.15, 0.2) is 42.5 Å². The average Bonchev–Trinajstić information content (AvgIpc) is 3.24. The summed E-state index contributed by atoms with van der Waals surface area (Å²) in [6, 6.07) is 13.4. The smallest absolute Gasteiger partial charge is 0.270 e. The summed E-state index contributed by atoms with van der Waals surface area (Å²) in [4.78, 5) is 24.5. The number of H-pyrrole nitrogens is 1. The third kappa shape index (κ3) is 2.80. The van der Waals surface area contributed by atoms with Crippen LogP contribution < -0.4 is 10.6 Å². The number of amides is 1. The number of carbonyl (C=O) groups is 1. The molecular formula is C17H17N5O. The van der Waals surface area contributed by atoms with Crippen molar-refractivity contribution in [3.8, 4) is 11.5 Å². The van der Waals surface area contributed by atoms with Gasteiger partial charge >= 0.3 is 0 Å². The Kier molecular flexibility index (Phi) is 3.51. The molecule has 1 aromatic carbocycles. The summed E-state index contributed by atoms with van der Waals surface area (Å²) >= 11 is 0. The van der Waals surface area contributed by atoms with E-state index >= 15 is 0 Å². The molecule has 4 rings (SSSR count). The molecule has 1 amide bonds. The number of rotatable bonds is 3. The molecule has 1 aliphatic heterocycles. The SMILES string of the molecule is O=C(NC1CCNC1)c1cccc(-c2nc3ccccc3[nH]2)n1. The lowest BCUT2D eigenvalue weighted by molar-refractivity contribution is 0.0935. The van der Waals surface area contributed by atoms with Gasteiger partial charge in [-0.25, -0.2) is 9.97 Å². The van der Waals surface area contributed by atoms with Crippen molar-refractivity contribution in [2.45, 2.75) is 12.5 Å². The summed E-state index contributed by atoms with van der Waals surface area (Å²) in [5, 5.41) is 6.24. The highest BCUT2D eigenvalue weighted by Crippen LogP contribution is 2.18. The van der Waals surface area contributed by atoms with E-state index in [4.69, 9.17) is 0 Å². The summed E-state index contributed by atoms with van der Waals surface area (Å²) in [5.74, 6) is 0.528. The molecule has 0 bridgehead atoms. The number of hydrogen-bond donors (Lipinski definition) is 3. The third-order valence-corrected chi connectivity index (χ3v) is 4.01. The number of fused-ring (bicyclic) bond motifs is 1. The number of carbonyl (C=O) groups excluding carboxylic acids is 1. The standard InChI is InChI=1S/C17H17N5O/c23-17(19-11-8-9-18-10-11)15-7-3-6-14(20-15)16-21-12-4-1-2-5-13(12)22-16/h1-7,11,18H,8-10H2,(H,19,23)(H,21,22). The van der Waals surface area contributed by atoms with E-state index in [1.807, 2.05) is 36.4 Å². The van der Waals surface area contributed by atoms with E-state index in [-0.39, 0.29) is 11.9 Å². The van der Waals surface area contributed by atoms with E-state index < -0.39 is 0 Å². The Morgan fingerprint density at radius 3 is 2.87 bits per heavy atom. The number of aromatic nitrogens is 3. The molecule has 1 fully saturated rings. The summed E-state index contributed by atoms with van der Waals surface area (Å²) in [6.07, 6.45) is 0.953. The Balaban J connectivity index is 1.61. The van der Waals surface area contributed by atoms with Gasteiger partial charge in [-0.05, 0) is 37.2 Å². The van der Waals surface area contributed by atoms with Crippen molar-refractivity contribution in [1.82, 2.24) is 25.6 Å². The molecular weight excluding hydrogens is 290 g/mol. The quantitative estimate of drug-likeness (QED) is 0.688. The number of nitrogens with zero attached hydrogens (tertiary/aromatic N) is 2. The maximum atomic E-state index is 12.3. The van der Waals surface area contributed by atoms with Crippen LogP contribution in [-0.2, 0) is 0 Å². The number of hydrogen-bond acceptors (Lipinski definition) is 4. The molecule has 0 radical (unpaired) electrons. The molecule has 0 aliphatic carbocycles. The number of imidazole rings is 1. The van der Waals surface area contributed by atoms with Crippen molar-refractivity contribution in [2.24, 2.45) is 0 Å². The Bertz CT molecular complexity index is 818. The van der Waals surface area contributed by atoms with Crippen molar-refractivity contribution in [2.75, 3.05) is 13.1 Å². The van der Waals surface area contributed by atoms with Crippen LogP contribution in [-0.4, -0.2) is 40.0 Å². The second-order valence-corrected chi connectivity index (χ2v) is 5.67. The lowest BCUT2D eigenvalue weighted by Gasteiger charge is -2.10. The van der Waals surface area contributed by atoms with Gasteiger partial charge < -0.3 is 15.6 Å². The average molecular weight is 307 g/mol. The van der Waals surface area contributed by atoms with E-state index in [1.165, 1.54) is 0 Å². The minimum absolute atomic E-state index is 0.142. The highest BCUT2D eigenvalue weighted by atomic mass is 16.1. The predicted octanol–water partition coefficient (Wildman–Crippen LogP) is 1.72.